The van der Waals surface area contributed by atoms with Crippen molar-refractivity contribution >= 4 is 11.8 Å². The van der Waals surface area contributed by atoms with E-state index in [4.69, 9.17) is 0 Å². The highest BCUT2D eigenvalue weighted by atomic mass is 16.2. The van der Waals surface area contributed by atoms with Crippen LogP contribution in [0.25, 0.3) is 0 Å². The lowest BCUT2D eigenvalue weighted by molar-refractivity contribution is -0.128. The van der Waals surface area contributed by atoms with E-state index in [1.54, 1.807) is 0 Å². The minimum absolute atomic E-state index is 0.0195. The molecule has 1 saturated heterocycles. The van der Waals surface area contributed by atoms with Gasteiger partial charge in [-0.15, -0.1) is 0 Å². The summed E-state index contributed by atoms with van der Waals surface area (Å²) >= 11 is 0. The molecular weight excluding hydrogens is 324 g/mol. The van der Waals surface area contributed by atoms with Crippen LogP contribution < -0.4 is 5.32 Å². The highest BCUT2D eigenvalue weighted by Gasteiger charge is 2.21. The third-order valence-corrected chi connectivity index (χ3v) is 4.95. The third kappa shape index (κ3) is 4.72. The number of benzene rings is 2. The predicted molar refractivity (Wildman–Crippen MR) is 103 cm³/mol. The fourth-order valence-electron chi connectivity index (χ4n) is 3.44. The molecule has 1 N–H and O–H groups in total. The minimum atomic E-state index is 0.0195. The van der Waals surface area contributed by atoms with Crippen molar-refractivity contribution in [2.45, 2.75) is 32.1 Å². The Morgan fingerprint density at radius 3 is 2.42 bits per heavy atom. The van der Waals surface area contributed by atoms with Gasteiger partial charge in [0.1, 0.15) is 0 Å². The van der Waals surface area contributed by atoms with Gasteiger partial charge in [-0.3, -0.25) is 9.59 Å². The molecule has 1 heterocycles. The van der Waals surface area contributed by atoms with Crippen molar-refractivity contribution < 1.29 is 9.59 Å². The van der Waals surface area contributed by atoms with Crippen LogP contribution in [-0.2, 0) is 9.59 Å². The van der Waals surface area contributed by atoms with Gasteiger partial charge in [-0.05, 0) is 24.5 Å². The first kappa shape index (κ1) is 18.2. The summed E-state index contributed by atoms with van der Waals surface area (Å²) < 4.78 is 0. The Hall–Kier alpha value is -2.62. The van der Waals surface area contributed by atoms with Crippen LogP contribution in [-0.4, -0.2) is 36.3 Å². The molecular formula is C22H26N2O2. The van der Waals surface area contributed by atoms with Gasteiger partial charge in [0.05, 0.1) is 0 Å². The number of rotatable bonds is 7. The number of nitrogens with zero attached hydrogens (tertiary/aromatic N) is 1. The maximum absolute atomic E-state index is 12.5. The zero-order chi connectivity index (χ0) is 18.4. The van der Waals surface area contributed by atoms with E-state index in [1.807, 2.05) is 23.1 Å². The van der Waals surface area contributed by atoms with Gasteiger partial charge >= 0.3 is 0 Å². The molecule has 0 spiro atoms. The number of amides is 2. The van der Waals surface area contributed by atoms with Gasteiger partial charge in [0.25, 0.3) is 0 Å². The highest BCUT2D eigenvalue weighted by molar-refractivity contribution is 5.79. The standard InChI is InChI=1S/C22H26N2O2/c1-17-9-11-19(12-10-17)20(18-6-3-2-4-7-18)16-21(25)23-13-15-24-14-5-8-22(24)26/h2-4,6-7,9-12,20H,5,8,13-16H2,1H3,(H,23,25). The normalized spacial score (nSPS) is 15.1. The van der Waals surface area contributed by atoms with Crippen molar-refractivity contribution in [2.75, 3.05) is 19.6 Å². The number of hydrogen-bond acceptors (Lipinski definition) is 2. The summed E-state index contributed by atoms with van der Waals surface area (Å²) in [4.78, 5) is 26.0. The van der Waals surface area contributed by atoms with Gasteiger partial charge in [0.2, 0.25) is 11.8 Å². The summed E-state index contributed by atoms with van der Waals surface area (Å²) in [5.41, 5.74) is 3.49. The molecule has 0 radical (unpaired) electrons. The second-order valence-corrected chi connectivity index (χ2v) is 6.91. The van der Waals surface area contributed by atoms with E-state index in [0.29, 0.717) is 25.9 Å². The molecule has 2 amide bonds. The summed E-state index contributed by atoms with van der Waals surface area (Å²) in [7, 11) is 0. The summed E-state index contributed by atoms with van der Waals surface area (Å²) in [6, 6.07) is 18.5. The quantitative estimate of drug-likeness (QED) is 0.833. The van der Waals surface area contributed by atoms with Crippen molar-refractivity contribution in [1.29, 1.82) is 0 Å². The van der Waals surface area contributed by atoms with Gasteiger partial charge < -0.3 is 10.2 Å². The molecule has 1 aliphatic heterocycles. The maximum Gasteiger partial charge on any atom is 0.222 e. The zero-order valence-electron chi connectivity index (χ0n) is 15.3. The Kier molecular flexibility index (Phi) is 6.05. The molecule has 0 aliphatic carbocycles. The first-order chi connectivity index (χ1) is 12.6. The molecule has 1 unspecified atom stereocenters. The van der Waals surface area contributed by atoms with Crippen LogP contribution in [0, 0.1) is 6.92 Å². The number of carbonyl (C=O) groups excluding carboxylic acids is 2. The molecule has 1 aliphatic rings. The molecule has 4 heteroatoms. The SMILES string of the molecule is Cc1ccc(C(CC(=O)NCCN2CCCC2=O)c2ccccc2)cc1. The Labute approximate surface area is 155 Å². The van der Waals surface area contributed by atoms with Crippen LogP contribution in [0.3, 0.4) is 0 Å². The Bertz CT molecular complexity index is 740. The summed E-state index contributed by atoms with van der Waals surface area (Å²) in [6.07, 6.45) is 1.97. The molecule has 2 aromatic carbocycles. The summed E-state index contributed by atoms with van der Waals surface area (Å²) in [5, 5.41) is 2.98. The van der Waals surface area contributed by atoms with E-state index in [1.165, 1.54) is 5.56 Å². The van der Waals surface area contributed by atoms with Crippen LogP contribution in [0.4, 0.5) is 0 Å². The number of hydrogen-bond donors (Lipinski definition) is 1. The second-order valence-electron chi connectivity index (χ2n) is 6.91. The topological polar surface area (TPSA) is 49.4 Å². The molecule has 1 atom stereocenters. The number of likely N-dealkylation sites (tertiary alicyclic amines) is 1. The largest absolute Gasteiger partial charge is 0.354 e. The van der Waals surface area contributed by atoms with Crippen LogP contribution >= 0.6 is 0 Å². The highest BCUT2D eigenvalue weighted by Crippen LogP contribution is 2.28. The van der Waals surface area contributed by atoms with Gasteiger partial charge in [-0.1, -0.05) is 60.2 Å². The third-order valence-electron chi connectivity index (χ3n) is 4.95. The van der Waals surface area contributed by atoms with Crippen LogP contribution in [0.15, 0.2) is 54.6 Å². The summed E-state index contributed by atoms with van der Waals surface area (Å²) in [6.45, 7) is 3.99. The van der Waals surface area contributed by atoms with E-state index in [0.717, 1.165) is 24.1 Å². The number of nitrogens with one attached hydrogen (secondary N) is 1. The van der Waals surface area contributed by atoms with Crippen molar-refractivity contribution in [1.82, 2.24) is 10.2 Å². The minimum Gasteiger partial charge on any atom is -0.354 e. The van der Waals surface area contributed by atoms with Gasteiger partial charge in [-0.2, -0.15) is 0 Å². The molecule has 3 rings (SSSR count). The smallest absolute Gasteiger partial charge is 0.222 e. The predicted octanol–water partition coefficient (Wildman–Crippen LogP) is 3.26. The van der Waals surface area contributed by atoms with E-state index >= 15 is 0 Å². The molecule has 26 heavy (non-hydrogen) atoms. The van der Waals surface area contributed by atoms with Crippen LogP contribution in [0.2, 0.25) is 0 Å². The number of carbonyl (C=O) groups is 2. The zero-order valence-corrected chi connectivity index (χ0v) is 15.3. The average molecular weight is 350 g/mol. The first-order valence-electron chi connectivity index (χ1n) is 9.29. The van der Waals surface area contributed by atoms with Crippen molar-refractivity contribution in [3.8, 4) is 0 Å². The van der Waals surface area contributed by atoms with Crippen LogP contribution in [0.1, 0.15) is 41.9 Å². The Morgan fingerprint density at radius 1 is 1.08 bits per heavy atom. The van der Waals surface area contributed by atoms with Crippen molar-refractivity contribution in [3.63, 3.8) is 0 Å². The monoisotopic (exact) mass is 350 g/mol. The molecule has 0 bridgehead atoms. The maximum atomic E-state index is 12.5. The van der Waals surface area contributed by atoms with Gasteiger partial charge in [-0.25, -0.2) is 0 Å². The molecule has 0 saturated carbocycles. The van der Waals surface area contributed by atoms with Crippen LogP contribution in [0.5, 0.6) is 0 Å². The fraction of sp³-hybridized carbons (Fsp3) is 0.364. The number of aryl methyl sites for hydroxylation is 1. The molecule has 4 nitrogen and oxygen atoms in total. The molecule has 0 aromatic heterocycles. The lowest BCUT2D eigenvalue weighted by Gasteiger charge is -2.19. The Morgan fingerprint density at radius 2 is 1.77 bits per heavy atom. The molecule has 2 aromatic rings. The fourth-order valence-corrected chi connectivity index (χ4v) is 3.44. The lowest BCUT2D eigenvalue weighted by Crippen LogP contribution is -2.36. The van der Waals surface area contributed by atoms with E-state index in [9.17, 15) is 9.59 Å². The van der Waals surface area contributed by atoms with E-state index in [2.05, 4.69) is 48.6 Å². The van der Waals surface area contributed by atoms with Gasteiger partial charge in [0.15, 0.2) is 0 Å². The second kappa shape index (κ2) is 8.65. The van der Waals surface area contributed by atoms with Gasteiger partial charge in [0, 0.05) is 38.4 Å². The lowest BCUT2D eigenvalue weighted by atomic mass is 9.88. The van der Waals surface area contributed by atoms with Crippen molar-refractivity contribution in [2.24, 2.45) is 0 Å². The van der Waals surface area contributed by atoms with E-state index in [-0.39, 0.29) is 17.7 Å². The first-order valence-corrected chi connectivity index (χ1v) is 9.29. The van der Waals surface area contributed by atoms with E-state index < -0.39 is 0 Å². The van der Waals surface area contributed by atoms with Crippen molar-refractivity contribution in [3.05, 3.63) is 71.3 Å². The Balaban J connectivity index is 1.62. The average Bonchev–Trinajstić information content (AvgIpc) is 3.06. The molecule has 136 valence electrons. The molecule has 1 fully saturated rings. The summed E-state index contributed by atoms with van der Waals surface area (Å²) in [5.74, 6) is 0.248.